The summed E-state index contributed by atoms with van der Waals surface area (Å²) in [6.07, 6.45) is 2.99. The minimum Gasteiger partial charge on any atom is -0.360 e. The lowest BCUT2D eigenvalue weighted by Crippen LogP contribution is -2.33. The number of rotatable bonds is 3. The fourth-order valence-electron chi connectivity index (χ4n) is 2.51. The van der Waals surface area contributed by atoms with Crippen LogP contribution in [0.4, 0.5) is 0 Å². The van der Waals surface area contributed by atoms with Crippen LogP contribution >= 0.6 is 0 Å². The van der Waals surface area contributed by atoms with Crippen LogP contribution in [0.1, 0.15) is 36.2 Å². The molecule has 0 saturated carbocycles. The van der Waals surface area contributed by atoms with Gasteiger partial charge in [0.05, 0.1) is 6.04 Å². The number of hydrogen-bond acceptors (Lipinski definition) is 6. The topological polar surface area (TPSA) is 103 Å². The Hall–Kier alpha value is -1.74. The first kappa shape index (κ1) is 13.3. The molecule has 0 aliphatic carbocycles. The van der Waals surface area contributed by atoms with Crippen molar-refractivity contribution < 1.29 is 12.9 Å². The molecule has 9 heteroatoms. The molecule has 0 fully saturated rings. The molecule has 0 aromatic carbocycles. The van der Waals surface area contributed by atoms with Crippen molar-refractivity contribution in [1.29, 1.82) is 0 Å². The predicted molar refractivity (Wildman–Crippen MR) is 68.3 cm³/mol. The molecule has 2 aromatic heterocycles. The molecule has 0 radical (unpaired) electrons. The van der Waals surface area contributed by atoms with Crippen molar-refractivity contribution in [1.82, 2.24) is 24.6 Å². The molecule has 1 aliphatic rings. The Labute approximate surface area is 116 Å². The number of nitrogens with one attached hydrogen (secondary N) is 1. The summed E-state index contributed by atoms with van der Waals surface area (Å²) in [5.41, 5.74) is 0.354. The van der Waals surface area contributed by atoms with Crippen molar-refractivity contribution >= 4 is 10.0 Å². The van der Waals surface area contributed by atoms with Crippen LogP contribution in [0.15, 0.2) is 15.7 Å². The first-order valence-electron chi connectivity index (χ1n) is 6.32. The van der Waals surface area contributed by atoms with Gasteiger partial charge in [0, 0.05) is 6.54 Å². The first-order chi connectivity index (χ1) is 9.49. The minimum atomic E-state index is -3.69. The van der Waals surface area contributed by atoms with E-state index in [1.165, 1.54) is 6.33 Å². The number of hydrogen-bond donors (Lipinski definition) is 1. The fourth-order valence-corrected chi connectivity index (χ4v) is 4.06. The summed E-state index contributed by atoms with van der Waals surface area (Å²) in [5.74, 6) is 0.930. The van der Waals surface area contributed by atoms with Gasteiger partial charge in [0.1, 0.15) is 22.7 Å². The molecule has 108 valence electrons. The Morgan fingerprint density at radius 3 is 2.95 bits per heavy atom. The van der Waals surface area contributed by atoms with Crippen LogP contribution in [0, 0.1) is 13.8 Å². The summed E-state index contributed by atoms with van der Waals surface area (Å²) in [7, 11) is -3.69. The highest BCUT2D eigenvalue weighted by molar-refractivity contribution is 7.89. The minimum absolute atomic E-state index is 0.106. The van der Waals surface area contributed by atoms with Gasteiger partial charge in [-0.3, -0.25) is 0 Å². The zero-order valence-electron chi connectivity index (χ0n) is 11.2. The van der Waals surface area contributed by atoms with Gasteiger partial charge in [0.25, 0.3) is 0 Å². The zero-order valence-corrected chi connectivity index (χ0v) is 12.0. The Bertz CT molecular complexity index is 714. The molecular weight excluding hydrogens is 282 g/mol. The van der Waals surface area contributed by atoms with Gasteiger partial charge < -0.3 is 4.52 Å². The van der Waals surface area contributed by atoms with Crippen molar-refractivity contribution in [3.63, 3.8) is 0 Å². The second-order valence-electron chi connectivity index (χ2n) is 4.81. The van der Waals surface area contributed by atoms with Crippen molar-refractivity contribution in [2.45, 2.75) is 44.2 Å². The van der Waals surface area contributed by atoms with E-state index in [1.807, 2.05) is 0 Å². The van der Waals surface area contributed by atoms with Crippen molar-refractivity contribution in [3.8, 4) is 0 Å². The molecule has 3 heterocycles. The van der Waals surface area contributed by atoms with Crippen LogP contribution in [0.3, 0.4) is 0 Å². The van der Waals surface area contributed by atoms with Gasteiger partial charge in [-0.05, 0) is 26.7 Å². The van der Waals surface area contributed by atoms with Gasteiger partial charge in [-0.25, -0.2) is 22.8 Å². The quantitative estimate of drug-likeness (QED) is 0.894. The van der Waals surface area contributed by atoms with E-state index >= 15 is 0 Å². The predicted octanol–water partition coefficient (Wildman–Crippen LogP) is 0.696. The van der Waals surface area contributed by atoms with E-state index in [-0.39, 0.29) is 16.7 Å². The van der Waals surface area contributed by atoms with E-state index in [4.69, 9.17) is 4.52 Å². The number of fused-ring (bicyclic) bond motifs is 1. The van der Waals surface area contributed by atoms with Gasteiger partial charge in [-0.15, -0.1) is 0 Å². The van der Waals surface area contributed by atoms with E-state index in [0.717, 1.165) is 13.0 Å². The van der Waals surface area contributed by atoms with Crippen molar-refractivity contribution in [2.75, 3.05) is 0 Å². The Morgan fingerprint density at radius 2 is 2.25 bits per heavy atom. The van der Waals surface area contributed by atoms with E-state index in [2.05, 4.69) is 20.0 Å². The molecule has 0 amide bonds. The molecule has 0 unspecified atom stereocenters. The van der Waals surface area contributed by atoms with Crippen LogP contribution in [-0.2, 0) is 16.6 Å². The van der Waals surface area contributed by atoms with E-state index < -0.39 is 10.0 Å². The first-order valence-corrected chi connectivity index (χ1v) is 7.80. The summed E-state index contributed by atoms with van der Waals surface area (Å²) < 4.78 is 34.3. The van der Waals surface area contributed by atoms with Crippen LogP contribution in [0.25, 0.3) is 0 Å². The van der Waals surface area contributed by atoms with Crippen molar-refractivity contribution in [3.05, 3.63) is 23.6 Å². The van der Waals surface area contributed by atoms with E-state index in [1.54, 1.807) is 18.5 Å². The van der Waals surface area contributed by atoms with Gasteiger partial charge >= 0.3 is 0 Å². The molecule has 1 atom stereocenters. The molecule has 2 aromatic rings. The van der Waals surface area contributed by atoms with Gasteiger partial charge in [0.15, 0.2) is 5.76 Å². The highest BCUT2D eigenvalue weighted by Crippen LogP contribution is 2.26. The lowest BCUT2D eigenvalue weighted by molar-refractivity contribution is 0.389. The largest absolute Gasteiger partial charge is 0.360 e. The number of aryl methyl sites for hydroxylation is 3. The Morgan fingerprint density at radius 1 is 1.45 bits per heavy atom. The van der Waals surface area contributed by atoms with Crippen LogP contribution in [0.2, 0.25) is 0 Å². The Balaban J connectivity index is 1.93. The summed E-state index contributed by atoms with van der Waals surface area (Å²) in [6, 6.07) is -0.370. The molecule has 1 aliphatic heterocycles. The smallest absolute Gasteiger partial charge is 0.246 e. The molecule has 20 heavy (non-hydrogen) atoms. The highest BCUT2D eigenvalue weighted by Gasteiger charge is 2.31. The van der Waals surface area contributed by atoms with E-state index in [0.29, 0.717) is 17.9 Å². The van der Waals surface area contributed by atoms with Gasteiger partial charge in [-0.1, -0.05) is 5.16 Å². The maximum atomic E-state index is 12.5. The van der Waals surface area contributed by atoms with Gasteiger partial charge in [-0.2, -0.15) is 5.10 Å². The van der Waals surface area contributed by atoms with E-state index in [9.17, 15) is 8.42 Å². The third kappa shape index (κ3) is 2.12. The number of nitrogens with zero attached hydrogens (tertiary/aromatic N) is 4. The molecule has 0 spiro atoms. The summed E-state index contributed by atoms with van der Waals surface area (Å²) in [4.78, 5) is 4.24. The lowest BCUT2D eigenvalue weighted by atomic mass is 10.1. The van der Waals surface area contributed by atoms with Crippen LogP contribution in [-0.4, -0.2) is 28.3 Å². The molecule has 3 rings (SSSR count). The normalized spacial score (nSPS) is 19.0. The summed E-state index contributed by atoms with van der Waals surface area (Å²) >= 11 is 0. The highest BCUT2D eigenvalue weighted by atomic mass is 32.2. The molecule has 0 saturated heterocycles. The Kier molecular flexibility index (Phi) is 3.09. The van der Waals surface area contributed by atoms with Crippen LogP contribution in [0.5, 0.6) is 0 Å². The lowest BCUT2D eigenvalue weighted by Gasteiger charge is -2.22. The maximum absolute atomic E-state index is 12.5. The number of sulfonamides is 1. The summed E-state index contributed by atoms with van der Waals surface area (Å²) in [5, 5.41) is 7.76. The fraction of sp³-hybridized carbons (Fsp3) is 0.545. The average molecular weight is 297 g/mol. The number of aromatic nitrogens is 4. The molecule has 1 N–H and O–H groups in total. The average Bonchev–Trinajstić information content (AvgIpc) is 2.96. The third-order valence-corrected chi connectivity index (χ3v) is 5.07. The molecule has 8 nitrogen and oxygen atoms in total. The van der Waals surface area contributed by atoms with Gasteiger partial charge in [0.2, 0.25) is 10.0 Å². The van der Waals surface area contributed by atoms with Crippen LogP contribution < -0.4 is 4.72 Å². The molecule has 0 bridgehead atoms. The monoisotopic (exact) mass is 297 g/mol. The second-order valence-corrected chi connectivity index (χ2v) is 6.46. The SMILES string of the molecule is Cc1noc(C)c1S(=O)(=O)N[C@H]1CCCn2ncnc21. The second kappa shape index (κ2) is 4.67. The third-order valence-electron chi connectivity index (χ3n) is 3.35. The molecular formula is C11H15N5O3S. The van der Waals surface area contributed by atoms with Crippen molar-refractivity contribution in [2.24, 2.45) is 0 Å². The zero-order chi connectivity index (χ0) is 14.3. The summed E-state index contributed by atoms with van der Waals surface area (Å²) in [6.45, 7) is 3.95. The maximum Gasteiger partial charge on any atom is 0.246 e. The standard InChI is InChI=1S/C11H15N5O3S/c1-7-10(8(2)19-14-7)20(17,18)15-9-4-3-5-16-11(9)12-6-13-16/h6,9,15H,3-5H2,1-2H3/t9-/m0/s1.